The minimum absolute atomic E-state index is 0.0961. The Hall–Kier alpha value is -1.42. The highest BCUT2D eigenvalue weighted by Crippen LogP contribution is 2.40. The lowest BCUT2D eigenvalue weighted by Gasteiger charge is -2.24. The Kier molecular flexibility index (Phi) is 5.43. The first-order valence-electron chi connectivity index (χ1n) is 8.03. The van der Waals surface area contributed by atoms with Crippen LogP contribution in [0.2, 0.25) is 5.02 Å². The van der Waals surface area contributed by atoms with Crippen LogP contribution in [0.25, 0.3) is 10.2 Å². The fourth-order valence-electron chi connectivity index (χ4n) is 3.74. The van der Waals surface area contributed by atoms with Gasteiger partial charge in [0.25, 0.3) is 6.47 Å². The Morgan fingerprint density at radius 2 is 2.08 bits per heavy atom. The number of benzene rings is 1. The summed E-state index contributed by atoms with van der Waals surface area (Å²) in [7, 11) is 0.903. The summed E-state index contributed by atoms with van der Waals surface area (Å²) in [6, 6.07) is 5.75. The lowest BCUT2D eigenvalue weighted by atomic mass is 10.00. The molecule has 0 spiro atoms. The van der Waals surface area contributed by atoms with Gasteiger partial charge in [-0.3, -0.25) is 4.79 Å². The number of halogens is 1. The van der Waals surface area contributed by atoms with Crippen molar-refractivity contribution in [3.8, 4) is 0 Å². The lowest BCUT2D eigenvalue weighted by molar-refractivity contribution is -0.122. The number of sulfone groups is 1. The van der Waals surface area contributed by atoms with Gasteiger partial charge in [-0.1, -0.05) is 22.9 Å². The van der Waals surface area contributed by atoms with Gasteiger partial charge < -0.3 is 14.9 Å². The van der Waals surface area contributed by atoms with E-state index in [2.05, 4.69) is 9.88 Å². The molecule has 2 aromatic rings. The summed E-state index contributed by atoms with van der Waals surface area (Å²) in [4.78, 5) is 17.2. The van der Waals surface area contributed by atoms with Crippen LogP contribution < -0.4 is 4.90 Å². The summed E-state index contributed by atoms with van der Waals surface area (Å²) >= 11 is 7.62. The van der Waals surface area contributed by atoms with E-state index in [9.17, 15) is 8.42 Å². The highest BCUT2D eigenvalue weighted by atomic mass is 35.5. The normalized spacial score (nSPS) is 26.6. The van der Waals surface area contributed by atoms with E-state index in [0.717, 1.165) is 21.9 Å². The number of nitrogens with zero attached hydrogens (tertiary/aromatic N) is 3. The summed E-state index contributed by atoms with van der Waals surface area (Å²) in [5.41, 5.74) is 0.915. The number of rotatable bonds is 2. The lowest BCUT2D eigenvalue weighted by Crippen LogP contribution is -2.37. The maximum absolute atomic E-state index is 12.5. The van der Waals surface area contributed by atoms with E-state index in [4.69, 9.17) is 21.5 Å². The molecule has 0 saturated carbocycles. The van der Waals surface area contributed by atoms with Crippen LogP contribution in [-0.2, 0) is 14.6 Å². The molecule has 0 aliphatic carbocycles. The van der Waals surface area contributed by atoms with Crippen LogP contribution >= 0.6 is 22.9 Å². The fraction of sp³-hybridized carbons (Fsp3) is 0.500. The summed E-state index contributed by atoms with van der Waals surface area (Å²) < 4.78 is 26.0. The molecule has 3 atom stereocenters. The van der Waals surface area contributed by atoms with E-state index in [1.807, 2.05) is 37.2 Å². The number of anilines is 1. The molecule has 4 rings (SSSR count). The Balaban J connectivity index is 0.000000613. The summed E-state index contributed by atoms with van der Waals surface area (Å²) in [5, 5.41) is 8.20. The number of aromatic nitrogens is 1. The number of fused-ring (bicyclic) bond motifs is 2. The van der Waals surface area contributed by atoms with Gasteiger partial charge >= 0.3 is 0 Å². The van der Waals surface area contributed by atoms with Crippen molar-refractivity contribution in [1.82, 2.24) is 9.88 Å². The van der Waals surface area contributed by atoms with E-state index in [1.54, 1.807) is 11.3 Å². The van der Waals surface area contributed by atoms with Crippen molar-refractivity contribution >= 4 is 54.6 Å². The van der Waals surface area contributed by atoms with Crippen molar-refractivity contribution in [2.24, 2.45) is 5.92 Å². The van der Waals surface area contributed by atoms with E-state index in [1.165, 1.54) is 0 Å². The zero-order valence-corrected chi connectivity index (χ0v) is 16.8. The zero-order valence-electron chi connectivity index (χ0n) is 14.4. The number of carbonyl (C=O) groups is 1. The number of hydrogen-bond acceptors (Lipinski definition) is 7. The van der Waals surface area contributed by atoms with Gasteiger partial charge in [0.15, 0.2) is 15.0 Å². The molecule has 142 valence electrons. The van der Waals surface area contributed by atoms with Crippen LogP contribution in [0.3, 0.4) is 0 Å². The zero-order chi connectivity index (χ0) is 19.1. The molecule has 26 heavy (non-hydrogen) atoms. The highest BCUT2D eigenvalue weighted by Gasteiger charge is 2.53. The third kappa shape index (κ3) is 3.53. The molecule has 0 amide bonds. The van der Waals surface area contributed by atoms with E-state index < -0.39 is 9.84 Å². The Morgan fingerprint density at radius 1 is 1.38 bits per heavy atom. The number of carboxylic acid groups (broad SMARTS) is 1. The molecule has 2 aliphatic heterocycles. The summed E-state index contributed by atoms with van der Waals surface area (Å²) in [6.45, 7) is 1.05. The van der Waals surface area contributed by atoms with Gasteiger partial charge in [0.2, 0.25) is 0 Å². The van der Waals surface area contributed by atoms with Gasteiger partial charge in [-0.2, -0.15) is 0 Å². The molecular formula is C16H20ClN3O4S2. The fourth-order valence-corrected chi connectivity index (χ4v) is 7.48. The summed E-state index contributed by atoms with van der Waals surface area (Å²) in [6.07, 6.45) is 0. The molecule has 0 unspecified atom stereocenters. The van der Waals surface area contributed by atoms with Gasteiger partial charge in [0.1, 0.15) is 0 Å². The predicted octanol–water partition coefficient (Wildman–Crippen LogP) is 1.81. The number of thiazole rings is 1. The van der Waals surface area contributed by atoms with Crippen LogP contribution in [0.15, 0.2) is 18.2 Å². The first-order chi connectivity index (χ1) is 12.3. The van der Waals surface area contributed by atoms with Crippen molar-refractivity contribution in [2.75, 3.05) is 37.8 Å². The molecule has 7 nitrogen and oxygen atoms in total. The SMILES string of the molecule is CN(C)[C@@H]1CS(=O)(=O)[C@H]2CN(c3nc4ccc(Cl)cc4s3)C[C@@H]12.O=CO. The Morgan fingerprint density at radius 3 is 2.73 bits per heavy atom. The van der Waals surface area contributed by atoms with Crippen LogP contribution in [-0.4, -0.2) is 74.1 Å². The van der Waals surface area contributed by atoms with Crippen molar-refractivity contribution in [2.45, 2.75) is 11.3 Å². The van der Waals surface area contributed by atoms with Gasteiger partial charge in [0.05, 0.1) is 21.2 Å². The van der Waals surface area contributed by atoms with Gasteiger partial charge in [-0.05, 0) is 32.3 Å². The molecule has 2 saturated heterocycles. The molecule has 1 aromatic carbocycles. The Bertz CT molecular complexity index is 915. The monoisotopic (exact) mass is 417 g/mol. The molecule has 2 fully saturated rings. The third-order valence-corrected chi connectivity index (χ3v) is 8.48. The highest BCUT2D eigenvalue weighted by molar-refractivity contribution is 7.92. The van der Waals surface area contributed by atoms with Gasteiger partial charge in [0, 0.05) is 30.1 Å². The van der Waals surface area contributed by atoms with Crippen molar-refractivity contribution < 1.29 is 18.3 Å². The second-order valence-corrected chi connectivity index (χ2v) is 10.4. The first kappa shape index (κ1) is 19.3. The first-order valence-corrected chi connectivity index (χ1v) is 10.9. The minimum atomic E-state index is -3.02. The van der Waals surface area contributed by atoms with Crippen LogP contribution in [0, 0.1) is 5.92 Å². The van der Waals surface area contributed by atoms with Crippen LogP contribution in [0.4, 0.5) is 5.13 Å². The van der Waals surface area contributed by atoms with Crippen LogP contribution in [0.1, 0.15) is 0 Å². The topological polar surface area (TPSA) is 90.8 Å². The van der Waals surface area contributed by atoms with Crippen molar-refractivity contribution in [3.63, 3.8) is 0 Å². The molecule has 3 heterocycles. The summed E-state index contributed by atoms with van der Waals surface area (Å²) in [5.74, 6) is 0.434. The van der Waals surface area contributed by atoms with Gasteiger partial charge in [-0.25, -0.2) is 13.4 Å². The smallest absolute Gasteiger partial charge is 0.290 e. The third-order valence-electron chi connectivity index (χ3n) is 4.94. The maximum atomic E-state index is 12.5. The van der Waals surface area contributed by atoms with E-state index in [0.29, 0.717) is 11.6 Å². The Labute approximate surface area is 161 Å². The van der Waals surface area contributed by atoms with E-state index in [-0.39, 0.29) is 29.4 Å². The van der Waals surface area contributed by atoms with Crippen molar-refractivity contribution in [1.29, 1.82) is 0 Å². The predicted molar refractivity (Wildman–Crippen MR) is 104 cm³/mol. The minimum Gasteiger partial charge on any atom is -0.483 e. The molecule has 10 heteroatoms. The standard InChI is InChI=1S/C15H18ClN3O2S2.CH2O2/c1-18(2)12-8-23(20,21)14-7-19(6-10(12)14)15-17-11-4-3-9(16)5-13(11)22-15;2-1-3/h3-5,10,12,14H,6-8H2,1-2H3;1H,(H,2,3)/t10-,12+,14-;/m0./s1. The maximum Gasteiger partial charge on any atom is 0.290 e. The molecule has 0 bridgehead atoms. The molecule has 1 N–H and O–H groups in total. The number of hydrogen-bond donors (Lipinski definition) is 1. The molecule has 1 aromatic heterocycles. The van der Waals surface area contributed by atoms with E-state index >= 15 is 0 Å². The second-order valence-electron chi connectivity index (χ2n) is 6.68. The molecule has 0 radical (unpaired) electrons. The second kappa shape index (κ2) is 7.30. The average molecular weight is 418 g/mol. The quantitative estimate of drug-likeness (QED) is 0.745. The average Bonchev–Trinajstić information content (AvgIpc) is 3.21. The molecule has 2 aliphatic rings. The largest absolute Gasteiger partial charge is 0.483 e. The van der Waals surface area contributed by atoms with Crippen LogP contribution in [0.5, 0.6) is 0 Å². The molecular weight excluding hydrogens is 398 g/mol. The van der Waals surface area contributed by atoms with Gasteiger partial charge in [-0.15, -0.1) is 0 Å². The van der Waals surface area contributed by atoms with Crippen molar-refractivity contribution in [3.05, 3.63) is 23.2 Å².